The lowest BCUT2D eigenvalue weighted by molar-refractivity contribution is 0.631. The first-order chi connectivity index (χ1) is 8.50. The van der Waals surface area contributed by atoms with Gasteiger partial charge in [-0.15, -0.1) is 0 Å². The summed E-state index contributed by atoms with van der Waals surface area (Å²) < 4.78 is 13.7. The lowest BCUT2D eigenvalue weighted by Gasteiger charge is -2.10. The van der Waals surface area contributed by atoms with E-state index in [1.807, 2.05) is 13.8 Å². The van der Waals surface area contributed by atoms with Gasteiger partial charge in [0.15, 0.2) is 0 Å². The number of nitrogens with zero attached hydrogens (tertiary/aromatic N) is 2. The molecule has 0 aliphatic rings. The van der Waals surface area contributed by atoms with E-state index in [2.05, 4.69) is 9.97 Å². The molecular formula is C13H11Cl2FN2. The summed E-state index contributed by atoms with van der Waals surface area (Å²) in [6.07, 6.45) is 0. The molecular weight excluding hydrogens is 274 g/mol. The van der Waals surface area contributed by atoms with Crippen LogP contribution in [0.5, 0.6) is 0 Å². The fourth-order valence-corrected chi connectivity index (χ4v) is 2.17. The number of hydrogen-bond donors (Lipinski definition) is 0. The third kappa shape index (κ3) is 2.47. The molecule has 0 saturated carbocycles. The van der Waals surface area contributed by atoms with Crippen LogP contribution in [0.1, 0.15) is 25.6 Å². The molecule has 94 valence electrons. The minimum absolute atomic E-state index is 0.106. The van der Waals surface area contributed by atoms with Crippen LogP contribution in [0.4, 0.5) is 4.39 Å². The van der Waals surface area contributed by atoms with E-state index in [0.717, 1.165) is 0 Å². The van der Waals surface area contributed by atoms with E-state index in [-0.39, 0.29) is 16.2 Å². The first-order valence-corrected chi connectivity index (χ1v) is 6.24. The molecule has 0 amide bonds. The summed E-state index contributed by atoms with van der Waals surface area (Å²) in [5.74, 6) is 0.252. The van der Waals surface area contributed by atoms with Gasteiger partial charge in [0.2, 0.25) is 0 Å². The fourth-order valence-electron chi connectivity index (χ4n) is 1.57. The Morgan fingerprint density at radius 2 is 1.61 bits per heavy atom. The molecule has 0 fully saturated rings. The normalized spacial score (nSPS) is 11.0. The van der Waals surface area contributed by atoms with E-state index in [9.17, 15) is 4.39 Å². The smallest absolute Gasteiger partial charge is 0.142 e. The van der Waals surface area contributed by atoms with Gasteiger partial charge in [0.25, 0.3) is 0 Å². The summed E-state index contributed by atoms with van der Waals surface area (Å²) >= 11 is 12.2. The van der Waals surface area contributed by atoms with Crippen LogP contribution < -0.4 is 0 Å². The van der Waals surface area contributed by atoms with Crippen molar-refractivity contribution in [3.8, 4) is 11.1 Å². The van der Waals surface area contributed by atoms with Crippen LogP contribution in [0.3, 0.4) is 0 Å². The second kappa shape index (κ2) is 5.21. The molecule has 0 bridgehead atoms. The van der Waals surface area contributed by atoms with Crippen molar-refractivity contribution in [2.45, 2.75) is 19.8 Å². The number of rotatable bonds is 2. The van der Waals surface area contributed by atoms with Gasteiger partial charge in [0.1, 0.15) is 21.9 Å². The molecule has 1 heterocycles. The Kier molecular flexibility index (Phi) is 3.83. The van der Waals surface area contributed by atoms with Crippen LogP contribution in [0.25, 0.3) is 11.1 Å². The Labute approximate surface area is 115 Å². The topological polar surface area (TPSA) is 25.8 Å². The van der Waals surface area contributed by atoms with Crippen LogP contribution in [0, 0.1) is 5.82 Å². The number of aromatic nitrogens is 2. The first kappa shape index (κ1) is 13.2. The average molecular weight is 285 g/mol. The molecule has 5 heteroatoms. The third-order valence-corrected chi connectivity index (χ3v) is 3.04. The van der Waals surface area contributed by atoms with Crippen molar-refractivity contribution in [3.05, 3.63) is 46.2 Å². The van der Waals surface area contributed by atoms with Gasteiger partial charge in [-0.1, -0.05) is 55.2 Å². The minimum atomic E-state index is -0.401. The highest BCUT2D eigenvalue weighted by atomic mass is 35.5. The van der Waals surface area contributed by atoms with Gasteiger partial charge >= 0.3 is 0 Å². The number of benzene rings is 1. The van der Waals surface area contributed by atoms with Crippen LogP contribution in [-0.2, 0) is 0 Å². The highest BCUT2D eigenvalue weighted by Gasteiger charge is 2.17. The lowest BCUT2D eigenvalue weighted by Crippen LogP contribution is -2.01. The second-order valence-corrected chi connectivity index (χ2v) is 4.89. The monoisotopic (exact) mass is 284 g/mol. The fraction of sp³-hybridized carbons (Fsp3) is 0.231. The van der Waals surface area contributed by atoms with Gasteiger partial charge in [-0.2, -0.15) is 0 Å². The summed E-state index contributed by atoms with van der Waals surface area (Å²) in [7, 11) is 0. The predicted octanol–water partition coefficient (Wildman–Crippen LogP) is 4.71. The first-order valence-electron chi connectivity index (χ1n) is 5.48. The maximum absolute atomic E-state index is 13.7. The van der Waals surface area contributed by atoms with Crippen molar-refractivity contribution < 1.29 is 4.39 Å². The summed E-state index contributed by atoms with van der Waals surface area (Å²) in [5.41, 5.74) is 0.642. The molecule has 0 saturated heterocycles. The zero-order valence-electron chi connectivity index (χ0n) is 9.92. The van der Waals surface area contributed by atoms with E-state index in [0.29, 0.717) is 17.0 Å². The summed E-state index contributed by atoms with van der Waals surface area (Å²) in [5, 5.41) is 0.340. The Hall–Kier alpha value is -1.19. The van der Waals surface area contributed by atoms with E-state index in [1.54, 1.807) is 18.2 Å². The van der Waals surface area contributed by atoms with Crippen LogP contribution >= 0.6 is 23.2 Å². The molecule has 1 aromatic carbocycles. The number of halogens is 3. The third-order valence-electron chi connectivity index (χ3n) is 2.50. The van der Waals surface area contributed by atoms with Crippen molar-refractivity contribution in [1.82, 2.24) is 9.97 Å². The molecule has 2 nitrogen and oxygen atoms in total. The molecule has 18 heavy (non-hydrogen) atoms. The van der Waals surface area contributed by atoms with E-state index in [4.69, 9.17) is 23.2 Å². The molecule has 0 aliphatic heterocycles. The van der Waals surface area contributed by atoms with E-state index < -0.39 is 5.82 Å². The summed E-state index contributed by atoms with van der Waals surface area (Å²) in [6.45, 7) is 3.87. The molecule has 0 aliphatic carbocycles. The maximum Gasteiger partial charge on any atom is 0.142 e. The molecule has 2 aromatic rings. The van der Waals surface area contributed by atoms with Gasteiger partial charge in [-0.3, -0.25) is 0 Å². The Balaban J connectivity index is 2.63. The average Bonchev–Trinajstić information content (AvgIpc) is 2.30. The summed E-state index contributed by atoms with van der Waals surface area (Å²) in [4.78, 5) is 8.31. The largest absolute Gasteiger partial charge is 0.220 e. The van der Waals surface area contributed by atoms with Crippen molar-refractivity contribution in [2.75, 3.05) is 0 Å². The Bertz CT molecular complexity index is 562. The van der Waals surface area contributed by atoms with Gasteiger partial charge in [-0.25, -0.2) is 14.4 Å². The Morgan fingerprint density at radius 3 is 2.11 bits per heavy atom. The van der Waals surface area contributed by atoms with Gasteiger partial charge in [0.05, 0.1) is 5.56 Å². The quantitative estimate of drug-likeness (QED) is 0.746. The zero-order valence-corrected chi connectivity index (χ0v) is 11.4. The Morgan fingerprint density at radius 1 is 1.06 bits per heavy atom. The van der Waals surface area contributed by atoms with Crippen LogP contribution in [-0.4, -0.2) is 9.97 Å². The molecule has 0 spiro atoms. The minimum Gasteiger partial charge on any atom is -0.220 e. The van der Waals surface area contributed by atoms with Crippen molar-refractivity contribution in [1.29, 1.82) is 0 Å². The summed E-state index contributed by atoms with van der Waals surface area (Å²) in [6, 6.07) is 6.25. The highest BCUT2D eigenvalue weighted by Crippen LogP contribution is 2.34. The van der Waals surface area contributed by atoms with E-state index in [1.165, 1.54) is 6.07 Å². The van der Waals surface area contributed by atoms with Crippen molar-refractivity contribution in [2.24, 2.45) is 0 Å². The number of hydrogen-bond acceptors (Lipinski definition) is 2. The highest BCUT2D eigenvalue weighted by molar-refractivity contribution is 6.37. The van der Waals surface area contributed by atoms with E-state index >= 15 is 0 Å². The molecule has 0 unspecified atom stereocenters. The zero-order chi connectivity index (χ0) is 13.3. The van der Waals surface area contributed by atoms with Gasteiger partial charge < -0.3 is 0 Å². The molecule has 0 atom stereocenters. The van der Waals surface area contributed by atoms with Crippen LogP contribution in [0.2, 0.25) is 10.3 Å². The predicted molar refractivity (Wildman–Crippen MR) is 71.5 cm³/mol. The van der Waals surface area contributed by atoms with Crippen molar-refractivity contribution >= 4 is 23.2 Å². The molecule has 1 aromatic heterocycles. The molecule has 0 radical (unpaired) electrons. The van der Waals surface area contributed by atoms with Crippen molar-refractivity contribution in [3.63, 3.8) is 0 Å². The standard InChI is InChI=1S/C13H11Cl2FN2/c1-7(2)13-17-11(14)10(12(15)18-13)8-5-3-4-6-9(8)16/h3-7H,1-2H3. The molecule has 0 N–H and O–H groups in total. The maximum atomic E-state index is 13.7. The second-order valence-electron chi connectivity index (χ2n) is 4.17. The van der Waals surface area contributed by atoms with Gasteiger partial charge in [0, 0.05) is 11.5 Å². The lowest BCUT2D eigenvalue weighted by atomic mass is 10.1. The van der Waals surface area contributed by atoms with Crippen LogP contribution in [0.15, 0.2) is 24.3 Å². The molecule has 2 rings (SSSR count). The SMILES string of the molecule is CC(C)c1nc(Cl)c(-c2ccccc2F)c(Cl)n1. The van der Waals surface area contributed by atoms with Gasteiger partial charge in [-0.05, 0) is 6.07 Å².